The molecule has 0 radical (unpaired) electrons. The Morgan fingerprint density at radius 3 is 3.00 bits per heavy atom. The lowest BCUT2D eigenvalue weighted by molar-refractivity contribution is 0.0658. The summed E-state index contributed by atoms with van der Waals surface area (Å²) in [5.74, 6) is 0.522. The topological polar surface area (TPSA) is 21.3 Å². The van der Waals surface area contributed by atoms with Gasteiger partial charge >= 0.3 is 0 Å². The van der Waals surface area contributed by atoms with Gasteiger partial charge in [0.15, 0.2) is 0 Å². The highest BCUT2D eigenvalue weighted by Gasteiger charge is 2.40. The Balaban J connectivity index is 0.000000963. The minimum absolute atomic E-state index is 0. The summed E-state index contributed by atoms with van der Waals surface area (Å²) >= 11 is 0. The average molecular weight is 244 g/mol. The number of hydrogen-bond acceptors (Lipinski definition) is 2. The summed E-state index contributed by atoms with van der Waals surface area (Å²) in [6.07, 6.45) is 3.11. The minimum Gasteiger partial charge on any atom is -0.485 e. The fourth-order valence-electron chi connectivity index (χ4n) is 2.56. The van der Waals surface area contributed by atoms with Gasteiger partial charge in [-0.05, 0) is 31.0 Å². The zero-order valence-corrected chi connectivity index (χ0v) is 9.78. The molecule has 0 bridgehead atoms. The van der Waals surface area contributed by atoms with Crippen LogP contribution in [0.3, 0.4) is 0 Å². The largest absolute Gasteiger partial charge is 0.485 e. The number of benzene rings is 1. The van der Waals surface area contributed by atoms with Gasteiger partial charge in [0.2, 0.25) is 0 Å². The Morgan fingerprint density at radius 2 is 2.25 bits per heavy atom. The second-order valence-electron chi connectivity index (χ2n) is 4.49. The highest BCUT2D eigenvalue weighted by atomic mass is 35.5. The van der Waals surface area contributed by atoms with Crippen LogP contribution in [0.4, 0.5) is 4.39 Å². The number of ether oxygens (including phenoxy) is 1. The highest BCUT2D eigenvalue weighted by molar-refractivity contribution is 5.85. The zero-order chi connectivity index (χ0) is 10.3. The van der Waals surface area contributed by atoms with Crippen molar-refractivity contribution in [1.82, 2.24) is 5.32 Å². The number of fused-ring (bicyclic) bond motifs is 1. The van der Waals surface area contributed by atoms with Crippen LogP contribution in [0.15, 0.2) is 18.2 Å². The molecule has 1 aromatic carbocycles. The predicted octanol–water partition coefficient (Wildman–Crippen LogP) is 2.30. The van der Waals surface area contributed by atoms with Gasteiger partial charge in [0, 0.05) is 19.0 Å². The summed E-state index contributed by atoms with van der Waals surface area (Å²) in [4.78, 5) is 0. The summed E-state index contributed by atoms with van der Waals surface area (Å²) in [5.41, 5.74) is 1.04. The van der Waals surface area contributed by atoms with Crippen LogP contribution in [0, 0.1) is 5.82 Å². The summed E-state index contributed by atoms with van der Waals surface area (Å²) in [5, 5.41) is 3.35. The summed E-state index contributed by atoms with van der Waals surface area (Å²) in [6.45, 7) is 1.94. The SMILES string of the molecule is Cl.Fc1ccc2c(c1)OC1(CCCNC1)C2. The zero-order valence-electron chi connectivity index (χ0n) is 8.96. The molecule has 1 aromatic rings. The van der Waals surface area contributed by atoms with Crippen molar-refractivity contribution >= 4 is 12.4 Å². The quantitative estimate of drug-likeness (QED) is 0.755. The Kier molecular flexibility index (Phi) is 3.08. The first-order valence-corrected chi connectivity index (χ1v) is 5.46. The molecule has 2 aliphatic rings. The fourth-order valence-corrected chi connectivity index (χ4v) is 2.56. The molecule has 3 rings (SSSR count). The Morgan fingerprint density at radius 1 is 1.38 bits per heavy atom. The predicted molar refractivity (Wildman–Crippen MR) is 62.8 cm³/mol. The van der Waals surface area contributed by atoms with Crippen LogP contribution in [-0.2, 0) is 6.42 Å². The maximum atomic E-state index is 13.0. The molecule has 1 N–H and O–H groups in total. The van der Waals surface area contributed by atoms with Crippen molar-refractivity contribution in [3.8, 4) is 5.75 Å². The van der Waals surface area contributed by atoms with Crippen molar-refractivity contribution < 1.29 is 9.13 Å². The first-order chi connectivity index (χ1) is 7.27. The lowest BCUT2D eigenvalue weighted by atomic mass is 9.89. The van der Waals surface area contributed by atoms with Gasteiger partial charge in [-0.2, -0.15) is 0 Å². The molecule has 0 aliphatic carbocycles. The van der Waals surface area contributed by atoms with Gasteiger partial charge in [0.1, 0.15) is 17.2 Å². The van der Waals surface area contributed by atoms with Crippen molar-refractivity contribution in [2.45, 2.75) is 24.9 Å². The van der Waals surface area contributed by atoms with Crippen molar-refractivity contribution in [2.24, 2.45) is 0 Å². The van der Waals surface area contributed by atoms with E-state index < -0.39 is 0 Å². The van der Waals surface area contributed by atoms with Crippen molar-refractivity contribution in [2.75, 3.05) is 13.1 Å². The van der Waals surface area contributed by atoms with E-state index in [1.54, 1.807) is 0 Å². The van der Waals surface area contributed by atoms with E-state index in [4.69, 9.17) is 4.74 Å². The van der Waals surface area contributed by atoms with E-state index >= 15 is 0 Å². The van der Waals surface area contributed by atoms with E-state index in [1.165, 1.54) is 12.1 Å². The molecule has 0 aromatic heterocycles. The molecule has 2 heterocycles. The molecule has 1 spiro atoms. The van der Waals surface area contributed by atoms with Gasteiger partial charge in [-0.1, -0.05) is 6.07 Å². The normalized spacial score (nSPS) is 27.1. The van der Waals surface area contributed by atoms with E-state index in [1.807, 2.05) is 6.07 Å². The first-order valence-electron chi connectivity index (χ1n) is 5.46. The monoisotopic (exact) mass is 243 g/mol. The molecule has 0 saturated carbocycles. The number of piperidine rings is 1. The van der Waals surface area contributed by atoms with Gasteiger partial charge in [-0.25, -0.2) is 4.39 Å². The number of rotatable bonds is 0. The van der Waals surface area contributed by atoms with Crippen LogP contribution in [0.1, 0.15) is 18.4 Å². The van der Waals surface area contributed by atoms with E-state index in [0.717, 1.165) is 43.7 Å². The molecular weight excluding hydrogens is 229 g/mol. The van der Waals surface area contributed by atoms with Crippen molar-refractivity contribution in [3.63, 3.8) is 0 Å². The molecule has 2 nitrogen and oxygen atoms in total. The minimum atomic E-state index is -0.213. The molecule has 1 atom stereocenters. The Hall–Kier alpha value is -0.800. The Labute approximate surface area is 101 Å². The molecule has 1 saturated heterocycles. The van der Waals surface area contributed by atoms with Crippen LogP contribution < -0.4 is 10.1 Å². The third-order valence-electron chi connectivity index (χ3n) is 3.30. The van der Waals surface area contributed by atoms with Crippen molar-refractivity contribution in [3.05, 3.63) is 29.6 Å². The third-order valence-corrected chi connectivity index (χ3v) is 3.30. The van der Waals surface area contributed by atoms with Crippen LogP contribution >= 0.6 is 12.4 Å². The second-order valence-corrected chi connectivity index (χ2v) is 4.49. The Bertz CT molecular complexity index is 391. The summed E-state index contributed by atoms with van der Waals surface area (Å²) < 4.78 is 18.9. The number of nitrogens with one attached hydrogen (secondary N) is 1. The van der Waals surface area contributed by atoms with Gasteiger partial charge in [0.05, 0.1) is 0 Å². The molecule has 0 amide bonds. The standard InChI is InChI=1S/C12H14FNO.ClH/c13-10-3-2-9-7-12(15-11(9)6-10)4-1-5-14-8-12;/h2-3,6,14H,1,4-5,7-8H2;1H. The van der Waals surface area contributed by atoms with Gasteiger partial charge < -0.3 is 10.1 Å². The number of halogens is 2. The third kappa shape index (κ3) is 1.89. The highest BCUT2D eigenvalue weighted by Crippen LogP contribution is 2.38. The molecule has 1 unspecified atom stereocenters. The van der Waals surface area contributed by atoms with E-state index in [9.17, 15) is 4.39 Å². The summed E-state index contributed by atoms with van der Waals surface area (Å²) in [6, 6.07) is 4.85. The van der Waals surface area contributed by atoms with E-state index in [0.29, 0.717) is 0 Å². The summed E-state index contributed by atoms with van der Waals surface area (Å²) in [7, 11) is 0. The van der Waals surface area contributed by atoms with Crippen molar-refractivity contribution in [1.29, 1.82) is 0 Å². The molecule has 2 aliphatic heterocycles. The molecule has 16 heavy (non-hydrogen) atoms. The lowest BCUT2D eigenvalue weighted by Gasteiger charge is -2.33. The molecular formula is C12H15ClFNO. The fraction of sp³-hybridized carbons (Fsp3) is 0.500. The van der Waals surface area contributed by atoms with Crippen LogP contribution in [0.5, 0.6) is 5.75 Å². The van der Waals surface area contributed by atoms with E-state index in [2.05, 4.69) is 5.32 Å². The van der Waals surface area contributed by atoms with Crippen LogP contribution in [-0.4, -0.2) is 18.7 Å². The second kappa shape index (κ2) is 4.22. The van der Waals surface area contributed by atoms with Crippen LogP contribution in [0.2, 0.25) is 0 Å². The number of hydrogen-bond donors (Lipinski definition) is 1. The molecule has 4 heteroatoms. The van der Waals surface area contributed by atoms with Crippen LogP contribution in [0.25, 0.3) is 0 Å². The lowest BCUT2D eigenvalue weighted by Crippen LogP contribution is -2.49. The van der Waals surface area contributed by atoms with E-state index in [-0.39, 0.29) is 23.8 Å². The van der Waals surface area contributed by atoms with Gasteiger partial charge in [-0.3, -0.25) is 0 Å². The van der Waals surface area contributed by atoms with Gasteiger partial charge in [0.25, 0.3) is 0 Å². The maximum absolute atomic E-state index is 13.0. The molecule has 88 valence electrons. The van der Waals surface area contributed by atoms with Gasteiger partial charge in [-0.15, -0.1) is 12.4 Å². The smallest absolute Gasteiger partial charge is 0.126 e. The first kappa shape index (κ1) is 11.7. The average Bonchev–Trinajstić information content (AvgIpc) is 2.56. The maximum Gasteiger partial charge on any atom is 0.126 e. The molecule has 1 fully saturated rings.